The molecule has 0 aromatic heterocycles. The van der Waals surface area contributed by atoms with Gasteiger partial charge in [0.05, 0.1) is 17.5 Å². The normalized spacial score (nSPS) is 26.9. The van der Waals surface area contributed by atoms with Gasteiger partial charge in [0.1, 0.15) is 0 Å². The average Bonchev–Trinajstić information content (AvgIpc) is 3.39. The Bertz CT molecular complexity index is 1050. The van der Waals surface area contributed by atoms with Crippen molar-refractivity contribution in [3.8, 4) is 0 Å². The number of fused-ring (bicyclic) bond motifs is 5. The molecule has 3 aliphatic rings. The van der Waals surface area contributed by atoms with E-state index in [2.05, 4.69) is 49.3 Å². The number of halogens is 2. The highest BCUT2D eigenvalue weighted by molar-refractivity contribution is 9.13. The lowest BCUT2D eigenvalue weighted by Crippen LogP contribution is -2.32. The lowest BCUT2D eigenvalue weighted by atomic mass is 9.85. The number of hydrogen-bond acceptors (Lipinski definition) is 3. The van der Waals surface area contributed by atoms with Gasteiger partial charge in [-0.3, -0.25) is 19.3 Å². The average molecular weight is 516 g/mol. The number of imide groups is 1. The summed E-state index contributed by atoms with van der Waals surface area (Å²) in [5, 5.41) is 2.84. The van der Waals surface area contributed by atoms with Gasteiger partial charge in [-0.1, -0.05) is 12.2 Å². The second-order valence-corrected chi connectivity index (χ2v) is 9.35. The molecule has 2 aromatic rings. The van der Waals surface area contributed by atoms with Crippen LogP contribution < -0.4 is 10.2 Å². The van der Waals surface area contributed by atoms with Gasteiger partial charge in [0.15, 0.2) is 0 Å². The Kier molecular flexibility index (Phi) is 4.47. The molecule has 3 amide bonds. The van der Waals surface area contributed by atoms with Crippen LogP contribution >= 0.6 is 31.9 Å². The Morgan fingerprint density at radius 1 is 0.897 bits per heavy atom. The molecule has 4 atom stereocenters. The molecule has 5 rings (SSSR count). The van der Waals surface area contributed by atoms with Crippen molar-refractivity contribution in [2.24, 2.45) is 23.7 Å². The smallest absolute Gasteiger partial charge is 0.255 e. The number of hydrogen-bond donors (Lipinski definition) is 1. The molecular formula is C22H16Br2N2O3. The molecule has 2 fully saturated rings. The van der Waals surface area contributed by atoms with Gasteiger partial charge < -0.3 is 5.32 Å². The van der Waals surface area contributed by atoms with Crippen molar-refractivity contribution >= 4 is 61.0 Å². The number of carbonyl (C=O) groups excluding carboxylic acids is 3. The lowest BCUT2D eigenvalue weighted by Gasteiger charge is -2.17. The van der Waals surface area contributed by atoms with Crippen molar-refractivity contribution in [1.82, 2.24) is 0 Å². The van der Waals surface area contributed by atoms with Gasteiger partial charge in [0.2, 0.25) is 11.8 Å². The molecule has 2 bridgehead atoms. The van der Waals surface area contributed by atoms with Crippen LogP contribution in [0.1, 0.15) is 16.8 Å². The monoisotopic (exact) mass is 514 g/mol. The van der Waals surface area contributed by atoms with E-state index in [0.29, 0.717) is 16.9 Å². The minimum Gasteiger partial charge on any atom is -0.322 e. The minimum absolute atomic E-state index is 0.117. The van der Waals surface area contributed by atoms with Crippen LogP contribution in [0.15, 0.2) is 63.6 Å². The molecule has 1 aliphatic heterocycles. The zero-order valence-corrected chi connectivity index (χ0v) is 18.3. The highest BCUT2D eigenvalue weighted by atomic mass is 79.9. The van der Waals surface area contributed by atoms with E-state index in [1.54, 1.807) is 36.4 Å². The quantitative estimate of drug-likeness (QED) is 0.472. The summed E-state index contributed by atoms with van der Waals surface area (Å²) in [7, 11) is 0. The molecule has 0 spiro atoms. The first-order valence-corrected chi connectivity index (χ1v) is 11.0. The fourth-order valence-corrected chi connectivity index (χ4v) is 5.32. The largest absolute Gasteiger partial charge is 0.322 e. The third-order valence-electron chi connectivity index (χ3n) is 6.04. The van der Waals surface area contributed by atoms with Crippen molar-refractivity contribution in [3.63, 3.8) is 0 Å². The van der Waals surface area contributed by atoms with Crippen LogP contribution in [-0.4, -0.2) is 17.7 Å². The molecule has 29 heavy (non-hydrogen) atoms. The van der Waals surface area contributed by atoms with Gasteiger partial charge in [-0.2, -0.15) is 0 Å². The summed E-state index contributed by atoms with van der Waals surface area (Å²) in [5.74, 6) is -0.581. The van der Waals surface area contributed by atoms with Gasteiger partial charge in [0.25, 0.3) is 5.91 Å². The predicted octanol–water partition coefficient (Wildman–Crippen LogP) is 4.78. The Balaban J connectivity index is 1.34. The van der Waals surface area contributed by atoms with Crippen LogP contribution in [0.3, 0.4) is 0 Å². The van der Waals surface area contributed by atoms with Gasteiger partial charge in [-0.15, -0.1) is 0 Å². The molecule has 7 heteroatoms. The number of amides is 3. The molecule has 2 aliphatic carbocycles. The van der Waals surface area contributed by atoms with Gasteiger partial charge >= 0.3 is 0 Å². The molecule has 0 unspecified atom stereocenters. The Hall–Kier alpha value is -2.25. The molecule has 146 valence electrons. The topological polar surface area (TPSA) is 66.5 Å². The summed E-state index contributed by atoms with van der Waals surface area (Å²) in [5.41, 5.74) is 1.64. The fraction of sp³-hybridized carbons (Fsp3) is 0.227. The molecule has 0 radical (unpaired) electrons. The van der Waals surface area contributed by atoms with E-state index < -0.39 is 0 Å². The first kappa shape index (κ1) is 18.8. The van der Waals surface area contributed by atoms with Crippen LogP contribution in [0, 0.1) is 23.7 Å². The van der Waals surface area contributed by atoms with E-state index in [1.165, 1.54) is 4.90 Å². The summed E-state index contributed by atoms with van der Waals surface area (Å²) >= 11 is 6.81. The molecule has 2 aromatic carbocycles. The molecule has 1 saturated carbocycles. The summed E-state index contributed by atoms with van der Waals surface area (Å²) in [6, 6.07) is 12.0. The number of allylic oxidation sites excluding steroid dienone is 2. The van der Waals surface area contributed by atoms with Crippen LogP contribution in [0.2, 0.25) is 0 Å². The van der Waals surface area contributed by atoms with Gasteiger partial charge in [-0.05, 0) is 92.6 Å². The second-order valence-electron chi connectivity index (χ2n) is 7.64. The lowest BCUT2D eigenvalue weighted by molar-refractivity contribution is -0.123. The van der Waals surface area contributed by atoms with E-state index in [4.69, 9.17) is 0 Å². The predicted molar refractivity (Wildman–Crippen MR) is 116 cm³/mol. The molecule has 1 N–H and O–H groups in total. The highest BCUT2D eigenvalue weighted by Crippen LogP contribution is 2.53. The fourth-order valence-electron chi connectivity index (χ4n) is 4.70. The van der Waals surface area contributed by atoms with Crippen molar-refractivity contribution in [2.75, 3.05) is 10.2 Å². The Morgan fingerprint density at radius 2 is 1.52 bits per heavy atom. The van der Waals surface area contributed by atoms with Crippen molar-refractivity contribution in [2.45, 2.75) is 6.42 Å². The minimum atomic E-state index is -0.260. The van der Waals surface area contributed by atoms with E-state index in [1.807, 2.05) is 6.07 Å². The third-order valence-corrected chi connectivity index (χ3v) is 7.92. The summed E-state index contributed by atoms with van der Waals surface area (Å²) in [4.78, 5) is 39.6. The van der Waals surface area contributed by atoms with E-state index >= 15 is 0 Å². The van der Waals surface area contributed by atoms with Crippen LogP contribution in [-0.2, 0) is 9.59 Å². The van der Waals surface area contributed by atoms with Crippen LogP contribution in [0.5, 0.6) is 0 Å². The third kappa shape index (κ3) is 2.99. The SMILES string of the molecule is O=C(Nc1ccc(Br)c(Br)c1)c1ccc(N2C(=O)[C@@H]3[C@H](C2=O)[C@@H]2C=C[C@H]3C2)cc1. The van der Waals surface area contributed by atoms with E-state index in [-0.39, 0.29) is 41.4 Å². The van der Waals surface area contributed by atoms with Crippen molar-refractivity contribution in [3.05, 3.63) is 69.1 Å². The summed E-state index contributed by atoms with van der Waals surface area (Å²) in [6.45, 7) is 0. The number of rotatable bonds is 3. The second kappa shape index (κ2) is 6.92. The van der Waals surface area contributed by atoms with E-state index in [0.717, 1.165) is 15.4 Å². The maximum atomic E-state index is 12.9. The molecule has 5 nitrogen and oxygen atoms in total. The number of carbonyl (C=O) groups is 3. The van der Waals surface area contributed by atoms with Crippen molar-refractivity contribution in [1.29, 1.82) is 0 Å². The Labute approximate surface area is 184 Å². The van der Waals surface area contributed by atoms with Crippen molar-refractivity contribution < 1.29 is 14.4 Å². The number of anilines is 2. The first-order chi connectivity index (χ1) is 13.9. The zero-order chi connectivity index (χ0) is 20.3. The maximum Gasteiger partial charge on any atom is 0.255 e. The first-order valence-electron chi connectivity index (χ1n) is 9.36. The van der Waals surface area contributed by atoms with Gasteiger partial charge in [-0.25, -0.2) is 0 Å². The van der Waals surface area contributed by atoms with Crippen LogP contribution in [0.4, 0.5) is 11.4 Å². The van der Waals surface area contributed by atoms with Crippen LogP contribution in [0.25, 0.3) is 0 Å². The highest BCUT2D eigenvalue weighted by Gasteiger charge is 2.59. The molecule has 1 saturated heterocycles. The summed E-state index contributed by atoms with van der Waals surface area (Å²) in [6.07, 6.45) is 5.06. The number of nitrogens with one attached hydrogen (secondary N) is 1. The van der Waals surface area contributed by atoms with E-state index in [9.17, 15) is 14.4 Å². The van der Waals surface area contributed by atoms with Gasteiger partial charge in [0, 0.05) is 20.2 Å². The zero-order valence-electron chi connectivity index (χ0n) is 15.1. The number of benzene rings is 2. The standard InChI is InChI=1S/C22H16Br2N2O3/c23-16-8-5-14(10-17(16)24)25-20(27)11-3-6-15(7-4-11)26-21(28)18-12-1-2-13(9-12)19(18)22(26)29/h1-8,10,12-13,18-19H,9H2,(H,25,27)/t12-,13+,18-,19+. The maximum absolute atomic E-state index is 12.9. The number of nitrogens with zero attached hydrogens (tertiary/aromatic N) is 1. The summed E-state index contributed by atoms with van der Waals surface area (Å²) < 4.78 is 1.74. The Morgan fingerprint density at radius 3 is 2.10 bits per heavy atom. The molecule has 1 heterocycles. The molecular weight excluding hydrogens is 500 g/mol.